The summed E-state index contributed by atoms with van der Waals surface area (Å²) in [6.45, 7) is 5.77. The van der Waals surface area contributed by atoms with Gasteiger partial charge in [-0.15, -0.1) is 6.58 Å². The molecule has 3 heteroatoms. The Balaban J connectivity index is 3.13. The Kier molecular flexibility index (Phi) is 3.66. The Morgan fingerprint density at radius 2 is 2.31 bits per heavy atom. The third-order valence-electron chi connectivity index (χ3n) is 2.06. The largest absolute Gasteiger partial charge is 0.271 e. The molecule has 1 aromatic rings. The summed E-state index contributed by atoms with van der Waals surface area (Å²) >= 11 is 3.47. The maximum Gasteiger partial charge on any atom is 0.0641 e. The minimum absolute atomic E-state index is 0.0116. The van der Waals surface area contributed by atoms with Crippen molar-refractivity contribution in [3.63, 3.8) is 0 Å². The van der Waals surface area contributed by atoms with Gasteiger partial charge < -0.3 is 0 Å². The van der Waals surface area contributed by atoms with Crippen LogP contribution in [-0.2, 0) is 0 Å². The first-order valence-corrected chi connectivity index (χ1v) is 4.83. The van der Waals surface area contributed by atoms with Crippen molar-refractivity contribution in [2.45, 2.75) is 13.0 Å². The number of benzene rings is 1. The molecule has 0 heterocycles. The summed E-state index contributed by atoms with van der Waals surface area (Å²) in [5, 5.41) is 0. The van der Waals surface area contributed by atoms with Crippen LogP contribution in [0.15, 0.2) is 35.3 Å². The van der Waals surface area contributed by atoms with Crippen molar-refractivity contribution in [3.8, 4) is 0 Å². The second-order valence-electron chi connectivity index (χ2n) is 2.83. The van der Waals surface area contributed by atoms with Gasteiger partial charge in [-0.2, -0.15) is 0 Å². The highest BCUT2D eigenvalue weighted by Crippen LogP contribution is 2.24. The lowest BCUT2D eigenvalue weighted by Crippen LogP contribution is -2.26. The van der Waals surface area contributed by atoms with E-state index in [2.05, 4.69) is 27.9 Å². The predicted octanol–water partition coefficient (Wildman–Crippen LogP) is 2.45. The quantitative estimate of drug-likeness (QED) is 0.484. The molecule has 2 nitrogen and oxygen atoms in total. The number of hydrazine groups is 1. The minimum Gasteiger partial charge on any atom is -0.271 e. The van der Waals surface area contributed by atoms with Gasteiger partial charge >= 0.3 is 0 Å². The molecular weight excluding hydrogens is 228 g/mol. The topological polar surface area (TPSA) is 38.0 Å². The Morgan fingerprint density at radius 3 is 2.85 bits per heavy atom. The molecule has 0 amide bonds. The van der Waals surface area contributed by atoms with Crippen molar-refractivity contribution in [2.75, 3.05) is 0 Å². The van der Waals surface area contributed by atoms with Gasteiger partial charge in [0.05, 0.1) is 6.04 Å². The summed E-state index contributed by atoms with van der Waals surface area (Å²) in [5.41, 5.74) is 5.03. The Bertz CT molecular complexity index is 310. The number of nitrogens with two attached hydrogens (primary N) is 1. The fourth-order valence-electron chi connectivity index (χ4n) is 1.25. The number of nitrogens with one attached hydrogen (secondary N) is 1. The summed E-state index contributed by atoms with van der Waals surface area (Å²) in [6.07, 6.45) is 1.79. The van der Waals surface area contributed by atoms with Crippen LogP contribution >= 0.6 is 15.9 Å². The van der Waals surface area contributed by atoms with Gasteiger partial charge in [0, 0.05) is 4.47 Å². The zero-order chi connectivity index (χ0) is 9.84. The first-order chi connectivity index (χ1) is 6.20. The van der Waals surface area contributed by atoms with E-state index in [0.29, 0.717) is 0 Å². The summed E-state index contributed by atoms with van der Waals surface area (Å²) in [5.74, 6) is 5.40. The molecule has 0 saturated carbocycles. The standard InChI is InChI=1S/C10H13BrN2/c1-3-10(13-12)8-5-4-6-9(11)7(8)2/h3-6,10,13H,1,12H2,2H3. The molecule has 0 aromatic heterocycles. The first-order valence-electron chi connectivity index (χ1n) is 4.04. The number of rotatable bonds is 3. The lowest BCUT2D eigenvalue weighted by atomic mass is 10.0. The van der Waals surface area contributed by atoms with Crippen molar-refractivity contribution >= 4 is 15.9 Å². The molecule has 1 aromatic carbocycles. The molecule has 1 rings (SSSR count). The Morgan fingerprint density at radius 1 is 1.62 bits per heavy atom. The molecule has 13 heavy (non-hydrogen) atoms. The van der Waals surface area contributed by atoms with Crippen molar-refractivity contribution in [3.05, 3.63) is 46.5 Å². The fourth-order valence-corrected chi connectivity index (χ4v) is 1.63. The van der Waals surface area contributed by atoms with Crippen LogP contribution < -0.4 is 11.3 Å². The van der Waals surface area contributed by atoms with E-state index in [1.54, 1.807) is 6.08 Å². The van der Waals surface area contributed by atoms with Gasteiger partial charge in [-0.25, -0.2) is 5.43 Å². The van der Waals surface area contributed by atoms with E-state index in [4.69, 9.17) is 5.84 Å². The molecule has 0 spiro atoms. The zero-order valence-corrected chi connectivity index (χ0v) is 9.14. The lowest BCUT2D eigenvalue weighted by molar-refractivity contribution is 0.653. The molecule has 0 aliphatic rings. The molecule has 0 bridgehead atoms. The van der Waals surface area contributed by atoms with E-state index in [9.17, 15) is 0 Å². The van der Waals surface area contributed by atoms with E-state index in [1.807, 2.05) is 25.1 Å². The average Bonchev–Trinajstić information content (AvgIpc) is 2.14. The van der Waals surface area contributed by atoms with Crippen LogP contribution in [0.2, 0.25) is 0 Å². The van der Waals surface area contributed by atoms with Gasteiger partial charge in [-0.05, 0) is 24.1 Å². The van der Waals surface area contributed by atoms with Crippen LogP contribution in [0.5, 0.6) is 0 Å². The molecule has 0 aliphatic carbocycles. The maximum atomic E-state index is 5.40. The van der Waals surface area contributed by atoms with E-state index in [0.717, 1.165) is 10.0 Å². The predicted molar refractivity (Wildman–Crippen MR) is 59.1 cm³/mol. The fraction of sp³-hybridized carbons (Fsp3) is 0.200. The smallest absolute Gasteiger partial charge is 0.0641 e. The van der Waals surface area contributed by atoms with E-state index in [-0.39, 0.29) is 6.04 Å². The summed E-state index contributed by atoms with van der Waals surface area (Å²) in [7, 11) is 0. The lowest BCUT2D eigenvalue weighted by Gasteiger charge is -2.14. The van der Waals surface area contributed by atoms with Gasteiger partial charge in [0.1, 0.15) is 0 Å². The molecule has 0 aliphatic heterocycles. The third-order valence-corrected chi connectivity index (χ3v) is 2.92. The minimum atomic E-state index is 0.0116. The summed E-state index contributed by atoms with van der Waals surface area (Å²) in [6, 6.07) is 6.04. The highest BCUT2D eigenvalue weighted by atomic mass is 79.9. The van der Waals surface area contributed by atoms with Crippen molar-refractivity contribution in [1.29, 1.82) is 0 Å². The second kappa shape index (κ2) is 4.56. The first kappa shape index (κ1) is 10.4. The Labute approximate surface area is 86.9 Å². The molecule has 0 saturated heterocycles. The monoisotopic (exact) mass is 240 g/mol. The van der Waals surface area contributed by atoms with Crippen LogP contribution in [-0.4, -0.2) is 0 Å². The normalized spacial score (nSPS) is 12.5. The molecule has 1 unspecified atom stereocenters. The average molecular weight is 241 g/mol. The highest BCUT2D eigenvalue weighted by molar-refractivity contribution is 9.10. The third kappa shape index (κ3) is 2.18. The molecule has 70 valence electrons. The maximum absolute atomic E-state index is 5.40. The van der Waals surface area contributed by atoms with Crippen molar-refractivity contribution in [2.24, 2.45) is 5.84 Å². The zero-order valence-electron chi connectivity index (χ0n) is 7.55. The van der Waals surface area contributed by atoms with E-state index in [1.165, 1.54) is 5.56 Å². The van der Waals surface area contributed by atoms with Gasteiger partial charge in [-0.3, -0.25) is 5.84 Å². The van der Waals surface area contributed by atoms with Crippen molar-refractivity contribution in [1.82, 2.24) is 5.43 Å². The van der Waals surface area contributed by atoms with Crippen LogP contribution in [0, 0.1) is 6.92 Å². The van der Waals surface area contributed by atoms with Crippen LogP contribution in [0.4, 0.5) is 0 Å². The summed E-state index contributed by atoms with van der Waals surface area (Å²) < 4.78 is 1.09. The number of hydrogen-bond acceptors (Lipinski definition) is 2. The van der Waals surface area contributed by atoms with Gasteiger partial charge in [0.15, 0.2) is 0 Å². The molecule has 0 fully saturated rings. The number of hydrogen-bond donors (Lipinski definition) is 2. The van der Waals surface area contributed by atoms with Crippen molar-refractivity contribution < 1.29 is 0 Å². The van der Waals surface area contributed by atoms with E-state index < -0.39 is 0 Å². The second-order valence-corrected chi connectivity index (χ2v) is 3.69. The van der Waals surface area contributed by atoms with E-state index >= 15 is 0 Å². The highest BCUT2D eigenvalue weighted by Gasteiger charge is 2.08. The summed E-state index contributed by atoms with van der Waals surface area (Å²) in [4.78, 5) is 0. The van der Waals surface area contributed by atoms with Gasteiger partial charge in [0.2, 0.25) is 0 Å². The van der Waals surface area contributed by atoms with Gasteiger partial charge in [-0.1, -0.05) is 34.1 Å². The van der Waals surface area contributed by atoms with Gasteiger partial charge in [0.25, 0.3) is 0 Å². The van der Waals surface area contributed by atoms with Crippen LogP contribution in [0.25, 0.3) is 0 Å². The van der Waals surface area contributed by atoms with Crippen LogP contribution in [0.3, 0.4) is 0 Å². The SMILES string of the molecule is C=CC(NN)c1cccc(Br)c1C. The Hall–Kier alpha value is -0.640. The number of halogens is 1. The van der Waals surface area contributed by atoms with Crippen LogP contribution in [0.1, 0.15) is 17.2 Å². The molecule has 1 atom stereocenters. The molecule has 3 N–H and O–H groups in total. The molecule has 0 radical (unpaired) electrons. The molecular formula is C10H13BrN2.